The minimum atomic E-state index is -3.70. The van der Waals surface area contributed by atoms with Gasteiger partial charge in [0.1, 0.15) is 12.4 Å². The van der Waals surface area contributed by atoms with E-state index >= 15 is 0 Å². The highest BCUT2D eigenvalue weighted by atomic mass is 79.9. The van der Waals surface area contributed by atoms with Gasteiger partial charge in [-0.1, -0.05) is 5.21 Å². The van der Waals surface area contributed by atoms with Crippen LogP contribution in [0.3, 0.4) is 0 Å². The van der Waals surface area contributed by atoms with Gasteiger partial charge in [-0.25, -0.2) is 17.8 Å². The highest BCUT2D eigenvalue weighted by molar-refractivity contribution is 9.10. The number of hydrogen-bond donors (Lipinski definition) is 2. The molecule has 1 aromatic carbocycles. The van der Waals surface area contributed by atoms with Crippen LogP contribution in [0, 0.1) is 0 Å². The fraction of sp³-hybridized carbons (Fsp3) is 0.273. The van der Waals surface area contributed by atoms with Crippen LogP contribution >= 0.6 is 15.9 Å². The molecule has 21 heavy (non-hydrogen) atoms. The maximum atomic E-state index is 12.1. The standard InChI is InChI=1S/C11H14BrN5O3S/c1-17-11(10(12)15-16-17)21(18,19)14-6-7-20-9-4-2-8(13)3-5-9/h2-5,14H,6-7,13H2,1H3. The van der Waals surface area contributed by atoms with E-state index in [0.29, 0.717) is 11.4 Å². The molecule has 0 bridgehead atoms. The maximum absolute atomic E-state index is 12.1. The summed E-state index contributed by atoms with van der Waals surface area (Å²) in [6.07, 6.45) is 0. The lowest BCUT2D eigenvalue weighted by Gasteiger charge is -2.08. The van der Waals surface area contributed by atoms with E-state index in [4.69, 9.17) is 10.5 Å². The zero-order valence-corrected chi connectivity index (χ0v) is 13.6. The first-order valence-electron chi connectivity index (χ1n) is 5.93. The Morgan fingerprint density at radius 3 is 2.62 bits per heavy atom. The van der Waals surface area contributed by atoms with E-state index in [2.05, 4.69) is 31.0 Å². The molecule has 1 heterocycles. The Hall–Kier alpha value is -1.65. The first-order valence-corrected chi connectivity index (χ1v) is 8.21. The quantitative estimate of drug-likeness (QED) is 0.562. The van der Waals surface area contributed by atoms with E-state index in [0.717, 1.165) is 0 Å². The maximum Gasteiger partial charge on any atom is 0.260 e. The van der Waals surface area contributed by atoms with Gasteiger partial charge in [0, 0.05) is 19.3 Å². The molecule has 2 rings (SSSR count). The van der Waals surface area contributed by atoms with Crippen molar-refractivity contribution < 1.29 is 13.2 Å². The van der Waals surface area contributed by atoms with Crippen molar-refractivity contribution in [3.63, 3.8) is 0 Å². The van der Waals surface area contributed by atoms with Gasteiger partial charge in [0.25, 0.3) is 10.0 Å². The Labute approximate surface area is 130 Å². The molecule has 8 nitrogen and oxygen atoms in total. The summed E-state index contributed by atoms with van der Waals surface area (Å²) >= 11 is 3.05. The highest BCUT2D eigenvalue weighted by Gasteiger charge is 2.23. The number of nitrogen functional groups attached to an aromatic ring is 1. The predicted octanol–water partition coefficient (Wildman–Crippen LogP) is 0.517. The molecule has 0 aliphatic heterocycles. The van der Waals surface area contributed by atoms with Gasteiger partial charge in [-0.15, -0.1) is 5.10 Å². The van der Waals surface area contributed by atoms with Crippen molar-refractivity contribution in [2.45, 2.75) is 5.03 Å². The average Bonchev–Trinajstić information content (AvgIpc) is 2.77. The molecule has 0 unspecified atom stereocenters. The van der Waals surface area contributed by atoms with Gasteiger partial charge in [0.15, 0.2) is 4.60 Å². The van der Waals surface area contributed by atoms with Gasteiger partial charge >= 0.3 is 0 Å². The molecule has 0 saturated carbocycles. The molecule has 0 atom stereocenters. The molecule has 114 valence electrons. The number of nitrogens with one attached hydrogen (secondary N) is 1. The van der Waals surface area contributed by atoms with Gasteiger partial charge in [0.2, 0.25) is 5.03 Å². The second-order valence-electron chi connectivity index (χ2n) is 4.12. The molecule has 0 spiro atoms. The second kappa shape index (κ2) is 6.41. The number of halogens is 1. The summed E-state index contributed by atoms with van der Waals surface area (Å²) in [5.74, 6) is 0.617. The molecule has 0 aliphatic rings. The number of nitrogens with zero attached hydrogens (tertiary/aromatic N) is 3. The molecule has 10 heteroatoms. The summed E-state index contributed by atoms with van der Waals surface area (Å²) in [5, 5.41) is 7.23. The SMILES string of the molecule is Cn1nnc(Br)c1S(=O)(=O)NCCOc1ccc(N)cc1. The molecule has 2 aromatic rings. The fourth-order valence-corrected chi connectivity index (χ4v) is 3.69. The smallest absolute Gasteiger partial charge is 0.260 e. The zero-order valence-electron chi connectivity index (χ0n) is 11.2. The minimum absolute atomic E-state index is 0.0324. The van der Waals surface area contributed by atoms with Crippen LogP contribution in [0.5, 0.6) is 5.75 Å². The van der Waals surface area contributed by atoms with Crippen LogP contribution in [0.4, 0.5) is 5.69 Å². The average molecular weight is 376 g/mol. The van der Waals surface area contributed by atoms with Crippen molar-refractivity contribution in [2.24, 2.45) is 7.05 Å². The van der Waals surface area contributed by atoms with Crippen molar-refractivity contribution in [2.75, 3.05) is 18.9 Å². The number of ether oxygens (including phenoxy) is 1. The third-order valence-corrected chi connectivity index (χ3v) is 4.88. The Morgan fingerprint density at radius 2 is 2.05 bits per heavy atom. The summed E-state index contributed by atoms with van der Waals surface area (Å²) in [6, 6.07) is 6.84. The zero-order chi connectivity index (χ0) is 15.5. The number of hydrogen-bond acceptors (Lipinski definition) is 6. The van der Waals surface area contributed by atoms with Gasteiger partial charge in [-0.05, 0) is 40.2 Å². The summed E-state index contributed by atoms with van der Waals surface area (Å²) in [6.45, 7) is 0.302. The normalized spacial score (nSPS) is 11.5. The first-order chi connectivity index (χ1) is 9.90. The largest absolute Gasteiger partial charge is 0.492 e. The molecular formula is C11H14BrN5O3S. The van der Waals surface area contributed by atoms with Gasteiger partial charge in [0.05, 0.1) is 0 Å². The van der Waals surface area contributed by atoms with Crippen molar-refractivity contribution >= 4 is 31.6 Å². The summed E-state index contributed by atoms with van der Waals surface area (Å²) in [7, 11) is -2.20. The van der Waals surface area contributed by atoms with Crippen LogP contribution < -0.4 is 15.2 Å². The van der Waals surface area contributed by atoms with Crippen molar-refractivity contribution in [1.29, 1.82) is 0 Å². The van der Waals surface area contributed by atoms with Crippen molar-refractivity contribution in [3.05, 3.63) is 28.9 Å². The first kappa shape index (κ1) is 15.7. The van der Waals surface area contributed by atoms with E-state index in [9.17, 15) is 8.42 Å². The lowest BCUT2D eigenvalue weighted by molar-refractivity contribution is 0.322. The number of rotatable bonds is 6. The van der Waals surface area contributed by atoms with Gasteiger partial charge in [-0.2, -0.15) is 0 Å². The lowest BCUT2D eigenvalue weighted by atomic mass is 10.3. The number of aromatic nitrogens is 3. The Kier molecular flexibility index (Phi) is 4.80. The van der Waals surface area contributed by atoms with Crippen LogP contribution in [0.15, 0.2) is 33.9 Å². The molecule has 0 fully saturated rings. The number of sulfonamides is 1. The molecule has 0 saturated heterocycles. The molecule has 0 radical (unpaired) electrons. The van der Waals surface area contributed by atoms with Crippen molar-refractivity contribution in [1.82, 2.24) is 19.7 Å². The summed E-state index contributed by atoms with van der Waals surface area (Å²) < 4.78 is 33.3. The van der Waals surface area contributed by atoms with E-state index in [1.807, 2.05) is 0 Å². The van der Waals surface area contributed by atoms with Crippen LogP contribution in [0.2, 0.25) is 0 Å². The fourth-order valence-electron chi connectivity index (χ4n) is 1.59. The Balaban J connectivity index is 1.90. The third kappa shape index (κ3) is 3.93. The molecule has 1 aromatic heterocycles. The van der Waals surface area contributed by atoms with E-state index in [-0.39, 0.29) is 22.8 Å². The number of benzene rings is 1. The van der Waals surface area contributed by atoms with Crippen molar-refractivity contribution in [3.8, 4) is 5.75 Å². The number of aryl methyl sites for hydroxylation is 1. The third-order valence-electron chi connectivity index (χ3n) is 2.53. The molecule has 0 amide bonds. The lowest BCUT2D eigenvalue weighted by Crippen LogP contribution is -2.30. The molecule has 3 N–H and O–H groups in total. The minimum Gasteiger partial charge on any atom is -0.492 e. The van der Waals surface area contributed by atoms with Crippen LogP contribution in [0.25, 0.3) is 0 Å². The van der Waals surface area contributed by atoms with E-state index < -0.39 is 10.0 Å². The second-order valence-corrected chi connectivity index (χ2v) is 6.56. The van der Waals surface area contributed by atoms with Crippen LogP contribution in [-0.4, -0.2) is 36.6 Å². The molecule has 0 aliphatic carbocycles. The summed E-state index contributed by atoms with van der Waals surface area (Å²) in [5.41, 5.74) is 6.19. The molecular weight excluding hydrogens is 362 g/mol. The highest BCUT2D eigenvalue weighted by Crippen LogP contribution is 2.17. The predicted molar refractivity (Wildman–Crippen MR) is 80.2 cm³/mol. The Bertz CT molecular complexity index is 694. The topological polar surface area (TPSA) is 112 Å². The summed E-state index contributed by atoms with van der Waals surface area (Å²) in [4.78, 5) is 0. The van der Waals surface area contributed by atoms with Crippen LogP contribution in [-0.2, 0) is 17.1 Å². The van der Waals surface area contributed by atoms with E-state index in [1.165, 1.54) is 11.7 Å². The number of anilines is 1. The van der Waals surface area contributed by atoms with E-state index in [1.54, 1.807) is 24.3 Å². The van der Waals surface area contributed by atoms with Crippen LogP contribution in [0.1, 0.15) is 0 Å². The Morgan fingerprint density at radius 1 is 1.38 bits per heavy atom. The monoisotopic (exact) mass is 375 g/mol. The van der Waals surface area contributed by atoms with Gasteiger partial charge in [-0.3, -0.25) is 0 Å². The number of nitrogens with two attached hydrogens (primary N) is 1. The van der Waals surface area contributed by atoms with Gasteiger partial charge < -0.3 is 10.5 Å².